The van der Waals surface area contributed by atoms with E-state index in [0.717, 1.165) is 50.5 Å². The van der Waals surface area contributed by atoms with Crippen molar-refractivity contribution in [2.75, 3.05) is 38.0 Å². The number of carbonyl (C=O) groups is 1. The standard InChI is InChI=1S/C21H27N3O/c1-18-6-5-9-20(16-18)22-21(25)10-11-23-12-14-24(15-13-23)17-19-7-3-2-4-8-19/h2-9,16H,10-15,17H2,1H3,(H,22,25). The molecule has 0 aromatic heterocycles. The molecule has 3 rings (SSSR count). The first kappa shape index (κ1) is 17.6. The average Bonchev–Trinajstić information content (AvgIpc) is 2.62. The van der Waals surface area contributed by atoms with Gasteiger partial charge in [0.05, 0.1) is 0 Å². The highest BCUT2D eigenvalue weighted by Crippen LogP contribution is 2.11. The number of carbonyl (C=O) groups excluding carboxylic acids is 1. The molecule has 1 aliphatic heterocycles. The SMILES string of the molecule is Cc1cccc(NC(=O)CCN2CCN(Cc3ccccc3)CC2)c1. The zero-order valence-corrected chi connectivity index (χ0v) is 14.9. The molecule has 4 heteroatoms. The fourth-order valence-corrected chi connectivity index (χ4v) is 3.22. The van der Waals surface area contributed by atoms with Gasteiger partial charge in [-0.25, -0.2) is 0 Å². The minimum absolute atomic E-state index is 0.0947. The quantitative estimate of drug-likeness (QED) is 0.880. The van der Waals surface area contributed by atoms with Crippen LogP contribution in [0.2, 0.25) is 0 Å². The third kappa shape index (κ3) is 5.69. The predicted molar refractivity (Wildman–Crippen MR) is 103 cm³/mol. The Labute approximate surface area is 150 Å². The molecule has 1 heterocycles. The number of amides is 1. The molecule has 1 fully saturated rings. The maximum absolute atomic E-state index is 12.1. The number of anilines is 1. The zero-order chi connectivity index (χ0) is 17.5. The number of hydrogen-bond acceptors (Lipinski definition) is 3. The lowest BCUT2D eigenvalue weighted by molar-refractivity contribution is -0.116. The summed E-state index contributed by atoms with van der Waals surface area (Å²) in [6.45, 7) is 8.07. The number of hydrogen-bond donors (Lipinski definition) is 1. The monoisotopic (exact) mass is 337 g/mol. The number of nitrogens with one attached hydrogen (secondary N) is 1. The van der Waals surface area contributed by atoms with E-state index in [4.69, 9.17) is 0 Å². The molecular formula is C21H27N3O. The summed E-state index contributed by atoms with van der Waals surface area (Å²) < 4.78 is 0. The molecule has 1 aliphatic rings. The van der Waals surface area contributed by atoms with Crippen molar-refractivity contribution in [3.8, 4) is 0 Å². The summed E-state index contributed by atoms with van der Waals surface area (Å²) in [6.07, 6.45) is 0.548. The van der Waals surface area contributed by atoms with Gasteiger partial charge in [0.15, 0.2) is 0 Å². The van der Waals surface area contributed by atoms with Crippen LogP contribution in [0, 0.1) is 6.92 Å². The highest BCUT2D eigenvalue weighted by molar-refractivity contribution is 5.90. The number of piperazine rings is 1. The van der Waals surface area contributed by atoms with Crippen LogP contribution in [-0.2, 0) is 11.3 Å². The molecule has 0 unspecified atom stereocenters. The van der Waals surface area contributed by atoms with Crippen LogP contribution in [0.1, 0.15) is 17.5 Å². The lowest BCUT2D eigenvalue weighted by atomic mass is 10.2. The third-order valence-electron chi connectivity index (χ3n) is 4.67. The van der Waals surface area contributed by atoms with Crippen LogP contribution in [0.5, 0.6) is 0 Å². The van der Waals surface area contributed by atoms with Gasteiger partial charge in [-0.3, -0.25) is 9.69 Å². The van der Waals surface area contributed by atoms with Crippen LogP contribution in [-0.4, -0.2) is 48.4 Å². The van der Waals surface area contributed by atoms with Crippen molar-refractivity contribution in [1.82, 2.24) is 9.80 Å². The molecule has 132 valence electrons. The lowest BCUT2D eigenvalue weighted by Crippen LogP contribution is -2.46. The van der Waals surface area contributed by atoms with Crippen molar-refractivity contribution in [2.45, 2.75) is 19.9 Å². The van der Waals surface area contributed by atoms with Crippen molar-refractivity contribution in [3.05, 3.63) is 65.7 Å². The van der Waals surface area contributed by atoms with Gasteiger partial charge in [-0.05, 0) is 30.2 Å². The number of nitrogens with zero attached hydrogens (tertiary/aromatic N) is 2. The summed E-state index contributed by atoms with van der Waals surface area (Å²) >= 11 is 0. The zero-order valence-electron chi connectivity index (χ0n) is 14.9. The van der Waals surface area contributed by atoms with Gasteiger partial charge in [-0.1, -0.05) is 42.5 Å². The number of aryl methyl sites for hydroxylation is 1. The molecule has 2 aromatic rings. The summed E-state index contributed by atoms with van der Waals surface area (Å²) in [6, 6.07) is 18.6. The Balaban J connectivity index is 1.37. The van der Waals surface area contributed by atoms with Crippen LogP contribution in [0.3, 0.4) is 0 Å². The molecule has 0 saturated carbocycles. The van der Waals surface area contributed by atoms with Gasteiger partial charge in [0, 0.05) is 51.4 Å². The summed E-state index contributed by atoms with van der Waals surface area (Å²) in [4.78, 5) is 17.0. The van der Waals surface area contributed by atoms with Gasteiger partial charge in [-0.15, -0.1) is 0 Å². The second kappa shape index (κ2) is 8.79. The van der Waals surface area contributed by atoms with E-state index in [1.807, 2.05) is 31.2 Å². The summed E-state index contributed by atoms with van der Waals surface area (Å²) in [7, 11) is 0. The minimum atomic E-state index is 0.0947. The first-order valence-electron chi connectivity index (χ1n) is 9.04. The molecule has 0 spiro atoms. The highest BCUT2D eigenvalue weighted by atomic mass is 16.1. The van der Waals surface area contributed by atoms with Crippen LogP contribution in [0.25, 0.3) is 0 Å². The predicted octanol–water partition coefficient (Wildman–Crippen LogP) is 3.14. The van der Waals surface area contributed by atoms with Crippen LogP contribution in [0.4, 0.5) is 5.69 Å². The average molecular weight is 337 g/mol. The van der Waals surface area contributed by atoms with E-state index in [9.17, 15) is 4.79 Å². The fraction of sp³-hybridized carbons (Fsp3) is 0.381. The lowest BCUT2D eigenvalue weighted by Gasteiger charge is -2.34. The van der Waals surface area contributed by atoms with Gasteiger partial charge < -0.3 is 10.2 Å². The molecule has 2 aromatic carbocycles. The third-order valence-corrected chi connectivity index (χ3v) is 4.67. The Morgan fingerprint density at radius 1 is 0.960 bits per heavy atom. The smallest absolute Gasteiger partial charge is 0.225 e. The molecule has 1 amide bonds. The van der Waals surface area contributed by atoms with Crippen molar-refractivity contribution in [2.24, 2.45) is 0 Å². The molecule has 0 bridgehead atoms. The Morgan fingerprint density at radius 2 is 1.68 bits per heavy atom. The van der Waals surface area contributed by atoms with Gasteiger partial charge in [0.2, 0.25) is 5.91 Å². The second-order valence-electron chi connectivity index (χ2n) is 6.77. The van der Waals surface area contributed by atoms with E-state index in [1.165, 1.54) is 5.56 Å². The summed E-state index contributed by atoms with van der Waals surface area (Å²) in [5.74, 6) is 0.0947. The van der Waals surface area contributed by atoms with E-state index >= 15 is 0 Å². The Bertz CT molecular complexity index is 679. The van der Waals surface area contributed by atoms with Gasteiger partial charge in [-0.2, -0.15) is 0 Å². The number of rotatable bonds is 6. The largest absolute Gasteiger partial charge is 0.326 e. The van der Waals surface area contributed by atoms with E-state index in [2.05, 4.69) is 45.4 Å². The van der Waals surface area contributed by atoms with E-state index in [0.29, 0.717) is 6.42 Å². The molecule has 0 atom stereocenters. The van der Waals surface area contributed by atoms with Crippen LogP contribution >= 0.6 is 0 Å². The normalized spacial score (nSPS) is 15.9. The van der Waals surface area contributed by atoms with Crippen LogP contribution < -0.4 is 5.32 Å². The van der Waals surface area contributed by atoms with Gasteiger partial charge in [0.25, 0.3) is 0 Å². The van der Waals surface area contributed by atoms with Crippen molar-refractivity contribution < 1.29 is 4.79 Å². The van der Waals surface area contributed by atoms with Crippen LogP contribution in [0.15, 0.2) is 54.6 Å². The Morgan fingerprint density at radius 3 is 2.40 bits per heavy atom. The molecule has 0 aliphatic carbocycles. The van der Waals surface area contributed by atoms with Crippen molar-refractivity contribution >= 4 is 11.6 Å². The molecular weight excluding hydrogens is 310 g/mol. The Kier molecular flexibility index (Phi) is 6.20. The second-order valence-corrected chi connectivity index (χ2v) is 6.77. The summed E-state index contributed by atoms with van der Waals surface area (Å²) in [5, 5.41) is 2.99. The van der Waals surface area contributed by atoms with Crippen molar-refractivity contribution in [3.63, 3.8) is 0 Å². The first-order valence-corrected chi connectivity index (χ1v) is 9.04. The molecule has 4 nitrogen and oxygen atoms in total. The van der Waals surface area contributed by atoms with E-state index in [1.54, 1.807) is 0 Å². The molecule has 25 heavy (non-hydrogen) atoms. The van der Waals surface area contributed by atoms with Gasteiger partial charge in [0.1, 0.15) is 0 Å². The fourth-order valence-electron chi connectivity index (χ4n) is 3.22. The van der Waals surface area contributed by atoms with Crippen molar-refractivity contribution in [1.29, 1.82) is 0 Å². The minimum Gasteiger partial charge on any atom is -0.326 e. The van der Waals surface area contributed by atoms with E-state index < -0.39 is 0 Å². The van der Waals surface area contributed by atoms with E-state index in [-0.39, 0.29) is 5.91 Å². The topological polar surface area (TPSA) is 35.6 Å². The highest BCUT2D eigenvalue weighted by Gasteiger charge is 2.17. The van der Waals surface area contributed by atoms with Gasteiger partial charge >= 0.3 is 0 Å². The first-order chi connectivity index (χ1) is 12.2. The number of benzene rings is 2. The molecule has 0 radical (unpaired) electrons. The maximum atomic E-state index is 12.1. The molecule has 1 saturated heterocycles. The summed E-state index contributed by atoms with van der Waals surface area (Å²) in [5.41, 5.74) is 3.42. The molecule has 1 N–H and O–H groups in total. The Hall–Kier alpha value is -2.17. The maximum Gasteiger partial charge on any atom is 0.225 e.